The molecule has 154 valence electrons. The molecule has 2 aromatic carbocycles. The molecule has 1 aliphatic carbocycles. The summed E-state index contributed by atoms with van der Waals surface area (Å²) in [5.74, 6) is -0.362. The fourth-order valence-corrected chi connectivity index (χ4v) is 5.22. The Hall–Kier alpha value is -2.56. The number of nitrogens with one attached hydrogen (secondary N) is 1. The average molecular weight is 421 g/mol. The molecule has 0 amide bonds. The number of ether oxygens (including phenoxy) is 1. The number of halogens is 1. The van der Waals surface area contributed by atoms with Gasteiger partial charge in [0, 0.05) is 19.2 Å². The first kappa shape index (κ1) is 19.7. The number of aryl methyl sites for hydroxylation is 1. The molecule has 1 aliphatic heterocycles. The summed E-state index contributed by atoms with van der Waals surface area (Å²) in [6, 6.07) is 8.12. The van der Waals surface area contributed by atoms with Crippen molar-refractivity contribution >= 4 is 21.4 Å². The maximum atomic E-state index is 13.6. The van der Waals surface area contributed by atoms with Gasteiger partial charge >= 0.3 is 0 Å². The SMILES string of the molecule is O=[N+]([O-])c1cc(S(=O)(=O)N2CCOCC2)ccc1NC1CCc2ccc(F)cc21. The first-order valence-electron chi connectivity index (χ1n) is 9.27. The number of benzene rings is 2. The van der Waals surface area contributed by atoms with Gasteiger partial charge in [-0.1, -0.05) is 6.07 Å². The summed E-state index contributed by atoms with van der Waals surface area (Å²) in [4.78, 5) is 10.9. The zero-order valence-corrected chi connectivity index (χ0v) is 16.3. The van der Waals surface area contributed by atoms with E-state index in [1.54, 1.807) is 6.07 Å². The number of fused-ring (bicyclic) bond motifs is 1. The van der Waals surface area contributed by atoms with Crippen LogP contribution in [0.1, 0.15) is 23.6 Å². The van der Waals surface area contributed by atoms with E-state index in [2.05, 4.69) is 5.32 Å². The third kappa shape index (κ3) is 3.83. The molecule has 0 bridgehead atoms. The van der Waals surface area contributed by atoms with Crippen molar-refractivity contribution in [3.05, 3.63) is 63.5 Å². The van der Waals surface area contributed by atoms with Crippen molar-refractivity contribution in [1.82, 2.24) is 4.31 Å². The van der Waals surface area contributed by atoms with E-state index < -0.39 is 14.9 Å². The van der Waals surface area contributed by atoms with Crippen LogP contribution in [0.15, 0.2) is 41.3 Å². The summed E-state index contributed by atoms with van der Waals surface area (Å²) in [7, 11) is -3.84. The van der Waals surface area contributed by atoms with E-state index in [1.165, 1.54) is 28.6 Å². The second kappa shape index (κ2) is 7.69. The summed E-state index contributed by atoms with van der Waals surface area (Å²) < 4.78 is 45.7. The minimum atomic E-state index is -3.84. The predicted molar refractivity (Wildman–Crippen MR) is 104 cm³/mol. The highest BCUT2D eigenvalue weighted by molar-refractivity contribution is 7.89. The molecule has 4 rings (SSSR count). The van der Waals surface area contributed by atoms with E-state index in [1.807, 2.05) is 0 Å². The minimum absolute atomic E-state index is 0.130. The van der Waals surface area contributed by atoms with Crippen LogP contribution >= 0.6 is 0 Å². The molecule has 0 aromatic heterocycles. The fraction of sp³-hybridized carbons (Fsp3) is 0.368. The van der Waals surface area contributed by atoms with Gasteiger partial charge < -0.3 is 10.1 Å². The monoisotopic (exact) mass is 421 g/mol. The van der Waals surface area contributed by atoms with E-state index in [0.717, 1.165) is 23.6 Å². The zero-order chi connectivity index (χ0) is 20.6. The Morgan fingerprint density at radius 2 is 1.93 bits per heavy atom. The number of morpholine rings is 1. The summed E-state index contributed by atoms with van der Waals surface area (Å²) in [5.41, 5.74) is 1.64. The molecule has 0 saturated carbocycles. The summed E-state index contributed by atoms with van der Waals surface area (Å²) in [6.45, 7) is 0.998. The number of rotatable bonds is 5. The number of nitrogens with zero attached hydrogens (tertiary/aromatic N) is 2. The van der Waals surface area contributed by atoms with Gasteiger partial charge in [0.25, 0.3) is 5.69 Å². The predicted octanol–water partition coefficient (Wildman–Crippen LogP) is 2.85. The molecule has 2 aliphatic rings. The molecule has 1 atom stereocenters. The van der Waals surface area contributed by atoms with Gasteiger partial charge in [0.05, 0.1) is 29.1 Å². The van der Waals surface area contributed by atoms with Crippen molar-refractivity contribution in [2.45, 2.75) is 23.8 Å². The van der Waals surface area contributed by atoms with Gasteiger partial charge in [0.2, 0.25) is 10.0 Å². The van der Waals surface area contributed by atoms with Crippen LogP contribution in [-0.2, 0) is 21.2 Å². The van der Waals surface area contributed by atoms with E-state index in [0.29, 0.717) is 19.6 Å². The van der Waals surface area contributed by atoms with Crippen LogP contribution in [0.4, 0.5) is 15.8 Å². The fourth-order valence-electron chi connectivity index (χ4n) is 3.79. The molecule has 0 radical (unpaired) electrons. The van der Waals surface area contributed by atoms with Crippen LogP contribution in [0, 0.1) is 15.9 Å². The average Bonchev–Trinajstić information content (AvgIpc) is 3.10. The molecule has 1 saturated heterocycles. The van der Waals surface area contributed by atoms with Gasteiger partial charge in [-0.2, -0.15) is 4.31 Å². The molecule has 10 heteroatoms. The van der Waals surface area contributed by atoms with Gasteiger partial charge in [-0.15, -0.1) is 0 Å². The number of hydrogen-bond donors (Lipinski definition) is 1. The van der Waals surface area contributed by atoms with E-state index >= 15 is 0 Å². The Morgan fingerprint density at radius 1 is 1.17 bits per heavy atom. The van der Waals surface area contributed by atoms with Gasteiger partial charge in [0.1, 0.15) is 11.5 Å². The molecule has 1 N–H and O–H groups in total. The standard InChI is InChI=1S/C19H20FN3O5S/c20-14-3-1-13-2-5-17(16(13)11-14)21-18-6-4-15(12-19(18)23(24)25)29(26,27)22-7-9-28-10-8-22/h1,3-4,6,11-12,17,21H,2,5,7-10H2. The number of sulfonamides is 1. The molecular weight excluding hydrogens is 401 g/mol. The van der Waals surface area contributed by atoms with Gasteiger partial charge in [-0.05, 0) is 48.2 Å². The van der Waals surface area contributed by atoms with Gasteiger partial charge in [-0.25, -0.2) is 12.8 Å². The van der Waals surface area contributed by atoms with Gasteiger partial charge in [-0.3, -0.25) is 10.1 Å². The van der Waals surface area contributed by atoms with Crippen LogP contribution in [0.2, 0.25) is 0 Å². The quantitative estimate of drug-likeness (QED) is 0.588. The lowest BCUT2D eigenvalue weighted by molar-refractivity contribution is -0.384. The lowest BCUT2D eigenvalue weighted by Crippen LogP contribution is -2.40. The smallest absolute Gasteiger partial charge is 0.293 e. The van der Waals surface area contributed by atoms with Crippen LogP contribution in [-0.4, -0.2) is 43.9 Å². The molecule has 29 heavy (non-hydrogen) atoms. The first-order valence-corrected chi connectivity index (χ1v) is 10.7. The second-order valence-corrected chi connectivity index (χ2v) is 8.97. The topological polar surface area (TPSA) is 102 Å². The third-order valence-electron chi connectivity index (χ3n) is 5.29. The van der Waals surface area contributed by atoms with Crippen molar-refractivity contribution in [1.29, 1.82) is 0 Å². The van der Waals surface area contributed by atoms with Crippen LogP contribution in [0.3, 0.4) is 0 Å². The molecular formula is C19H20FN3O5S. The number of nitro benzene ring substituents is 1. The normalized spacial score (nSPS) is 19.7. The lowest BCUT2D eigenvalue weighted by Gasteiger charge is -2.26. The minimum Gasteiger partial charge on any atom is -0.379 e. The summed E-state index contributed by atoms with van der Waals surface area (Å²) in [6.07, 6.45) is 1.41. The van der Waals surface area contributed by atoms with Crippen molar-refractivity contribution < 1.29 is 22.5 Å². The van der Waals surface area contributed by atoms with E-state index in [-0.39, 0.29) is 41.2 Å². The lowest BCUT2D eigenvalue weighted by atomic mass is 10.1. The largest absolute Gasteiger partial charge is 0.379 e. The van der Waals surface area contributed by atoms with Crippen molar-refractivity contribution in [2.24, 2.45) is 0 Å². The first-order chi connectivity index (χ1) is 13.9. The molecule has 0 spiro atoms. The van der Waals surface area contributed by atoms with Crippen molar-refractivity contribution in [3.8, 4) is 0 Å². The van der Waals surface area contributed by atoms with E-state index in [9.17, 15) is 22.9 Å². The number of hydrogen-bond acceptors (Lipinski definition) is 6. The Kier molecular flexibility index (Phi) is 5.24. The Bertz CT molecular complexity index is 1050. The zero-order valence-electron chi connectivity index (χ0n) is 15.5. The highest BCUT2D eigenvalue weighted by Gasteiger charge is 2.30. The van der Waals surface area contributed by atoms with Crippen molar-refractivity contribution in [2.75, 3.05) is 31.6 Å². The molecule has 1 unspecified atom stereocenters. The summed E-state index contributed by atoms with van der Waals surface area (Å²) in [5, 5.41) is 14.7. The van der Waals surface area contributed by atoms with Crippen LogP contribution in [0.25, 0.3) is 0 Å². The molecule has 1 heterocycles. The third-order valence-corrected chi connectivity index (χ3v) is 7.18. The summed E-state index contributed by atoms with van der Waals surface area (Å²) >= 11 is 0. The molecule has 2 aromatic rings. The molecule has 1 fully saturated rings. The maximum Gasteiger partial charge on any atom is 0.293 e. The van der Waals surface area contributed by atoms with Crippen LogP contribution in [0.5, 0.6) is 0 Å². The number of nitro groups is 1. The Morgan fingerprint density at radius 3 is 2.66 bits per heavy atom. The highest BCUT2D eigenvalue weighted by atomic mass is 32.2. The van der Waals surface area contributed by atoms with Crippen molar-refractivity contribution in [3.63, 3.8) is 0 Å². The van der Waals surface area contributed by atoms with Crippen LogP contribution < -0.4 is 5.32 Å². The van der Waals surface area contributed by atoms with E-state index in [4.69, 9.17) is 4.74 Å². The van der Waals surface area contributed by atoms with Gasteiger partial charge in [0.15, 0.2) is 0 Å². The molecule has 8 nitrogen and oxygen atoms in total. The Labute approximate surface area is 167 Å². The second-order valence-electron chi connectivity index (χ2n) is 7.03. The highest BCUT2D eigenvalue weighted by Crippen LogP contribution is 2.37. The Balaban J connectivity index is 1.64. The number of anilines is 1. The maximum absolute atomic E-state index is 13.6.